The first kappa shape index (κ1) is 15.6. The lowest BCUT2D eigenvalue weighted by Gasteiger charge is -2.10. The number of rotatable bonds is 4. The standard InChI is InChI=1S/C13H13N3O3S/c1-19-12(18)7-6-11(17)16-13(20)15-10-5-3-2-4-9(10)8-14/h2-5H,6-7H2,1H3,(H2,15,16,17,20). The number of nitrogens with one attached hydrogen (secondary N) is 2. The number of hydrogen-bond acceptors (Lipinski definition) is 5. The fourth-order valence-electron chi connectivity index (χ4n) is 1.35. The first-order chi connectivity index (χ1) is 9.56. The van der Waals surface area contributed by atoms with Gasteiger partial charge in [-0.25, -0.2) is 0 Å². The van der Waals surface area contributed by atoms with Crippen molar-refractivity contribution in [1.29, 1.82) is 5.26 Å². The summed E-state index contributed by atoms with van der Waals surface area (Å²) in [6.45, 7) is 0. The van der Waals surface area contributed by atoms with Crippen molar-refractivity contribution in [2.24, 2.45) is 0 Å². The van der Waals surface area contributed by atoms with E-state index in [1.54, 1.807) is 24.3 Å². The topological polar surface area (TPSA) is 91.2 Å². The molecular weight excluding hydrogens is 278 g/mol. The van der Waals surface area contributed by atoms with Crippen LogP contribution in [-0.4, -0.2) is 24.1 Å². The predicted molar refractivity (Wildman–Crippen MR) is 76.8 cm³/mol. The van der Waals surface area contributed by atoms with Crippen LogP contribution in [0.1, 0.15) is 18.4 Å². The highest BCUT2D eigenvalue weighted by Crippen LogP contribution is 2.13. The molecule has 20 heavy (non-hydrogen) atoms. The van der Waals surface area contributed by atoms with Crippen LogP contribution in [0.2, 0.25) is 0 Å². The van der Waals surface area contributed by atoms with E-state index in [-0.39, 0.29) is 18.0 Å². The van der Waals surface area contributed by atoms with Gasteiger partial charge >= 0.3 is 5.97 Å². The Morgan fingerprint density at radius 3 is 2.70 bits per heavy atom. The van der Waals surface area contributed by atoms with E-state index in [1.807, 2.05) is 6.07 Å². The maximum Gasteiger partial charge on any atom is 0.306 e. The SMILES string of the molecule is COC(=O)CCC(=O)NC(=S)Nc1ccccc1C#N. The summed E-state index contributed by atoms with van der Waals surface area (Å²) in [7, 11) is 1.26. The van der Waals surface area contributed by atoms with E-state index in [0.29, 0.717) is 11.3 Å². The molecular formula is C13H13N3O3S. The number of carbonyl (C=O) groups is 2. The normalized spacial score (nSPS) is 9.20. The van der Waals surface area contributed by atoms with Crippen LogP contribution in [0.25, 0.3) is 0 Å². The number of methoxy groups -OCH3 is 1. The Kier molecular flexibility index (Phi) is 6.13. The second-order valence-corrected chi connectivity index (χ2v) is 4.14. The third-order valence-electron chi connectivity index (χ3n) is 2.33. The monoisotopic (exact) mass is 291 g/mol. The van der Waals surface area contributed by atoms with Crippen molar-refractivity contribution in [2.45, 2.75) is 12.8 Å². The van der Waals surface area contributed by atoms with Crippen LogP contribution in [0.3, 0.4) is 0 Å². The fourth-order valence-corrected chi connectivity index (χ4v) is 1.57. The van der Waals surface area contributed by atoms with E-state index < -0.39 is 11.9 Å². The molecule has 0 aromatic heterocycles. The highest BCUT2D eigenvalue weighted by atomic mass is 32.1. The Bertz CT molecular complexity index is 566. The van der Waals surface area contributed by atoms with Gasteiger partial charge < -0.3 is 15.4 Å². The van der Waals surface area contributed by atoms with E-state index in [2.05, 4.69) is 15.4 Å². The summed E-state index contributed by atoms with van der Waals surface area (Å²) in [5.74, 6) is -0.865. The Labute approximate surface area is 121 Å². The third-order valence-corrected chi connectivity index (χ3v) is 2.54. The number of hydrogen-bond donors (Lipinski definition) is 2. The zero-order valence-electron chi connectivity index (χ0n) is 10.8. The Balaban J connectivity index is 2.50. The number of carbonyl (C=O) groups excluding carboxylic acids is 2. The van der Waals surface area contributed by atoms with Crippen LogP contribution in [0, 0.1) is 11.3 Å². The van der Waals surface area contributed by atoms with Crippen molar-refractivity contribution in [3.8, 4) is 6.07 Å². The summed E-state index contributed by atoms with van der Waals surface area (Å²) in [6, 6.07) is 8.77. The van der Waals surface area contributed by atoms with Gasteiger partial charge in [-0.1, -0.05) is 12.1 Å². The lowest BCUT2D eigenvalue weighted by atomic mass is 10.2. The zero-order chi connectivity index (χ0) is 15.0. The molecule has 6 nitrogen and oxygen atoms in total. The van der Waals surface area contributed by atoms with Crippen LogP contribution >= 0.6 is 12.2 Å². The average Bonchev–Trinajstić information content (AvgIpc) is 2.45. The number of thiocarbonyl (C=S) groups is 1. The van der Waals surface area contributed by atoms with Crippen molar-refractivity contribution in [3.05, 3.63) is 29.8 Å². The second-order valence-electron chi connectivity index (χ2n) is 3.74. The maximum absolute atomic E-state index is 11.5. The van der Waals surface area contributed by atoms with Crippen LogP contribution in [-0.2, 0) is 14.3 Å². The van der Waals surface area contributed by atoms with Gasteiger partial charge in [-0.3, -0.25) is 9.59 Å². The minimum atomic E-state index is -0.464. The Morgan fingerprint density at radius 2 is 2.05 bits per heavy atom. The minimum Gasteiger partial charge on any atom is -0.469 e. The summed E-state index contributed by atoms with van der Waals surface area (Å²) < 4.78 is 4.43. The van der Waals surface area contributed by atoms with Gasteiger partial charge in [0.25, 0.3) is 0 Å². The summed E-state index contributed by atoms with van der Waals surface area (Å²) in [5, 5.41) is 14.2. The molecule has 0 fully saturated rings. The van der Waals surface area contributed by atoms with E-state index in [9.17, 15) is 9.59 Å². The molecule has 7 heteroatoms. The quantitative estimate of drug-likeness (QED) is 0.642. The minimum absolute atomic E-state index is 0.0142. The Morgan fingerprint density at radius 1 is 1.35 bits per heavy atom. The smallest absolute Gasteiger partial charge is 0.306 e. The van der Waals surface area contributed by atoms with Gasteiger partial charge in [0.2, 0.25) is 5.91 Å². The molecule has 0 radical (unpaired) electrons. The number of amides is 1. The molecule has 1 rings (SSSR count). The van der Waals surface area contributed by atoms with Crippen molar-refractivity contribution in [1.82, 2.24) is 5.32 Å². The summed E-state index contributed by atoms with van der Waals surface area (Å²) in [5.41, 5.74) is 0.923. The first-order valence-electron chi connectivity index (χ1n) is 5.73. The highest BCUT2D eigenvalue weighted by molar-refractivity contribution is 7.80. The number of benzene rings is 1. The molecule has 1 aromatic carbocycles. The fraction of sp³-hybridized carbons (Fsp3) is 0.231. The van der Waals surface area contributed by atoms with Gasteiger partial charge in [0.15, 0.2) is 5.11 Å². The summed E-state index contributed by atoms with van der Waals surface area (Å²) in [6.07, 6.45) is -0.0336. The lowest BCUT2D eigenvalue weighted by molar-refractivity contribution is -0.142. The van der Waals surface area contributed by atoms with E-state index in [4.69, 9.17) is 17.5 Å². The highest BCUT2D eigenvalue weighted by Gasteiger charge is 2.09. The second kappa shape index (κ2) is 7.86. The predicted octanol–water partition coefficient (Wildman–Crippen LogP) is 1.32. The van der Waals surface area contributed by atoms with Gasteiger partial charge in [0.05, 0.1) is 24.8 Å². The van der Waals surface area contributed by atoms with Crippen molar-refractivity contribution >= 4 is 34.9 Å². The van der Waals surface area contributed by atoms with E-state index >= 15 is 0 Å². The van der Waals surface area contributed by atoms with Crippen LogP contribution < -0.4 is 10.6 Å². The number of anilines is 1. The van der Waals surface area contributed by atoms with Crippen molar-refractivity contribution in [2.75, 3.05) is 12.4 Å². The molecule has 0 heterocycles. The van der Waals surface area contributed by atoms with Gasteiger partial charge in [-0.15, -0.1) is 0 Å². The van der Waals surface area contributed by atoms with Gasteiger partial charge in [0.1, 0.15) is 6.07 Å². The molecule has 0 unspecified atom stereocenters. The molecule has 104 valence electrons. The van der Waals surface area contributed by atoms with Crippen molar-refractivity contribution < 1.29 is 14.3 Å². The number of ether oxygens (including phenoxy) is 1. The molecule has 0 aliphatic rings. The number of nitriles is 1. The molecule has 0 aliphatic heterocycles. The molecule has 1 aromatic rings. The molecule has 0 spiro atoms. The average molecular weight is 291 g/mol. The van der Waals surface area contributed by atoms with E-state index in [0.717, 1.165) is 0 Å². The van der Waals surface area contributed by atoms with Crippen molar-refractivity contribution in [3.63, 3.8) is 0 Å². The first-order valence-corrected chi connectivity index (χ1v) is 6.14. The molecule has 0 aliphatic carbocycles. The maximum atomic E-state index is 11.5. The zero-order valence-corrected chi connectivity index (χ0v) is 11.6. The third kappa shape index (κ3) is 5.04. The molecule has 0 bridgehead atoms. The van der Waals surface area contributed by atoms with Gasteiger partial charge in [-0.2, -0.15) is 5.26 Å². The van der Waals surface area contributed by atoms with E-state index in [1.165, 1.54) is 7.11 Å². The summed E-state index contributed by atoms with van der Waals surface area (Å²) in [4.78, 5) is 22.4. The Hall–Kier alpha value is -2.46. The van der Waals surface area contributed by atoms with Crippen LogP contribution in [0.5, 0.6) is 0 Å². The number of nitrogens with zero attached hydrogens (tertiary/aromatic N) is 1. The van der Waals surface area contributed by atoms with Crippen LogP contribution in [0.4, 0.5) is 5.69 Å². The summed E-state index contributed by atoms with van der Waals surface area (Å²) >= 11 is 4.96. The number of esters is 1. The number of para-hydroxylation sites is 1. The van der Waals surface area contributed by atoms with Gasteiger partial charge in [0, 0.05) is 6.42 Å². The molecule has 0 saturated carbocycles. The lowest BCUT2D eigenvalue weighted by Crippen LogP contribution is -2.34. The molecule has 0 saturated heterocycles. The van der Waals surface area contributed by atoms with Crippen LogP contribution in [0.15, 0.2) is 24.3 Å². The largest absolute Gasteiger partial charge is 0.469 e. The van der Waals surface area contributed by atoms with Gasteiger partial charge in [-0.05, 0) is 24.4 Å². The molecule has 0 atom stereocenters. The molecule has 1 amide bonds. The molecule has 2 N–H and O–H groups in total.